The Bertz CT molecular complexity index is 309. The Morgan fingerprint density at radius 3 is 2.82 bits per heavy atom. The maximum Gasteiger partial charge on any atom is 0.330 e. The molecule has 0 spiro atoms. The van der Waals surface area contributed by atoms with Crippen molar-refractivity contribution in [1.29, 1.82) is 0 Å². The summed E-state index contributed by atoms with van der Waals surface area (Å²) in [6.07, 6.45) is 8.35. The average molecular weight is 272 g/mol. The third-order valence-electron chi connectivity index (χ3n) is 1.41. The van der Waals surface area contributed by atoms with Gasteiger partial charge < -0.3 is 9.47 Å². The van der Waals surface area contributed by atoms with E-state index in [1.54, 1.807) is 25.2 Å². The number of carbonyl (C=O) groups excluding carboxylic acids is 1. The molecule has 0 aliphatic carbocycles. The molecular weight excluding hydrogens is 256 g/mol. The maximum atomic E-state index is 10.9. The molecular formula is C12H16O3S2. The summed E-state index contributed by atoms with van der Waals surface area (Å²) in [7, 11) is 0. The number of hydrogen-bond acceptors (Lipinski definition) is 5. The van der Waals surface area contributed by atoms with Crippen LogP contribution in [0.2, 0.25) is 0 Å². The molecule has 0 fully saturated rings. The number of carbonyl (C=O) groups is 1. The fourth-order valence-electron chi connectivity index (χ4n) is 0.760. The highest BCUT2D eigenvalue weighted by molar-refractivity contribution is 8.22. The van der Waals surface area contributed by atoms with Gasteiger partial charge >= 0.3 is 5.97 Å². The molecule has 0 saturated carbocycles. The van der Waals surface area contributed by atoms with E-state index in [4.69, 9.17) is 21.7 Å². The smallest absolute Gasteiger partial charge is 0.330 e. The summed E-state index contributed by atoms with van der Waals surface area (Å²) < 4.78 is 10.4. The van der Waals surface area contributed by atoms with Crippen LogP contribution in [0.15, 0.2) is 37.0 Å². The molecule has 0 atom stereocenters. The summed E-state index contributed by atoms with van der Waals surface area (Å²) in [5.41, 5.74) is 0. The van der Waals surface area contributed by atoms with Gasteiger partial charge in [-0.3, -0.25) is 0 Å². The Labute approximate surface area is 112 Å². The molecule has 0 N–H and O–H groups in total. The first-order valence-corrected chi connectivity index (χ1v) is 6.50. The standard InChI is InChI=1S/C12H16O3S2/c1-3-5-6-9-15-12(16)17-10-7-8-11(13)14-4-2/h3,5-8H,1,4,9-10H2,2H3/b6-5+,8-7+. The van der Waals surface area contributed by atoms with Crippen molar-refractivity contribution in [3.05, 3.63) is 37.0 Å². The Hall–Kier alpha value is -1.07. The number of rotatable bonds is 7. The summed E-state index contributed by atoms with van der Waals surface area (Å²) in [6, 6.07) is 0. The fraction of sp³-hybridized carbons (Fsp3) is 0.333. The molecule has 0 saturated heterocycles. The lowest BCUT2D eigenvalue weighted by Crippen LogP contribution is -2.00. The number of hydrogen-bond donors (Lipinski definition) is 0. The van der Waals surface area contributed by atoms with Gasteiger partial charge in [-0.1, -0.05) is 36.6 Å². The summed E-state index contributed by atoms with van der Waals surface area (Å²) in [5.74, 6) is 0.247. The van der Waals surface area contributed by atoms with Crippen molar-refractivity contribution in [2.24, 2.45) is 0 Å². The molecule has 0 radical (unpaired) electrons. The highest BCUT2D eigenvalue weighted by Gasteiger charge is 1.96. The summed E-state index contributed by atoms with van der Waals surface area (Å²) in [6.45, 7) is 6.11. The summed E-state index contributed by atoms with van der Waals surface area (Å²) in [5, 5.41) is 0. The Morgan fingerprint density at radius 2 is 2.18 bits per heavy atom. The molecule has 0 aliphatic heterocycles. The van der Waals surface area contributed by atoms with E-state index in [0.29, 0.717) is 23.3 Å². The van der Waals surface area contributed by atoms with Crippen LogP contribution in [0.5, 0.6) is 0 Å². The minimum absolute atomic E-state index is 0.339. The van der Waals surface area contributed by atoms with E-state index in [2.05, 4.69) is 6.58 Å². The van der Waals surface area contributed by atoms with Gasteiger partial charge in [0.25, 0.3) is 0 Å². The first-order chi connectivity index (χ1) is 8.20. The lowest BCUT2D eigenvalue weighted by atomic mass is 10.5. The second kappa shape index (κ2) is 11.4. The van der Waals surface area contributed by atoms with Crippen LogP contribution in [0.3, 0.4) is 0 Å². The van der Waals surface area contributed by atoms with E-state index in [9.17, 15) is 4.79 Å². The number of ether oxygens (including phenoxy) is 2. The van der Waals surface area contributed by atoms with Crippen LogP contribution in [0.1, 0.15) is 6.92 Å². The van der Waals surface area contributed by atoms with Gasteiger partial charge in [-0.05, 0) is 25.2 Å². The average Bonchev–Trinajstić information content (AvgIpc) is 2.31. The van der Waals surface area contributed by atoms with E-state index >= 15 is 0 Å². The number of thioether (sulfide) groups is 1. The van der Waals surface area contributed by atoms with Crippen molar-refractivity contribution < 1.29 is 14.3 Å². The Kier molecular flexibility index (Phi) is 10.7. The topological polar surface area (TPSA) is 35.5 Å². The molecule has 0 heterocycles. The van der Waals surface area contributed by atoms with Gasteiger partial charge in [-0.25, -0.2) is 4.79 Å². The predicted molar refractivity (Wildman–Crippen MR) is 76.1 cm³/mol. The Morgan fingerprint density at radius 1 is 1.41 bits per heavy atom. The zero-order valence-electron chi connectivity index (χ0n) is 9.76. The SMILES string of the molecule is C=C/C=C/COC(=S)SC/C=C/C(=O)OCC. The van der Waals surface area contributed by atoms with Crippen LogP contribution in [-0.4, -0.2) is 29.3 Å². The third-order valence-corrected chi connectivity index (χ3v) is 2.59. The van der Waals surface area contributed by atoms with Crippen molar-refractivity contribution in [3.63, 3.8) is 0 Å². The van der Waals surface area contributed by atoms with Crippen molar-refractivity contribution in [3.8, 4) is 0 Å². The Balaban J connectivity index is 3.60. The van der Waals surface area contributed by atoms with E-state index < -0.39 is 0 Å². The quantitative estimate of drug-likeness (QED) is 0.308. The van der Waals surface area contributed by atoms with E-state index in [1.165, 1.54) is 17.8 Å². The number of esters is 1. The van der Waals surface area contributed by atoms with Crippen LogP contribution >= 0.6 is 24.0 Å². The van der Waals surface area contributed by atoms with Gasteiger partial charge in [-0.15, -0.1) is 0 Å². The second-order valence-electron chi connectivity index (χ2n) is 2.69. The minimum Gasteiger partial charge on any atom is -0.474 e. The van der Waals surface area contributed by atoms with Crippen molar-refractivity contribution in [1.82, 2.24) is 0 Å². The maximum absolute atomic E-state index is 10.9. The largest absolute Gasteiger partial charge is 0.474 e. The molecule has 0 rings (SSSR count). The molecule has 0 aromatic rings. The van der Waals surface area contributed by atoms with Gasteiger partial charge in [0.2, 0.25) is 4.38 Å². The first kappa shape index (κ1) is 15.9. The molecule has 94 valence electrons. The normalized spacial score (nSPS) is 10.6. The van der Waals surface area contributed by atoms with Gasteiger partial charge in [0, 0.05) is 11.8 Å². The van der Waals surface area contributed by atoms with E-state index in [-0.39, 0.29) is 5.97 Å². The van der Waals surface area contributed by atoms with Gasteiger partial charge in [-0.2, -0.15) is 0 Å². The molecule has 0 bridgehead atoms. The van der Waals surface area contributed by atoms with Crippen LogP contribution in [0, 0.1) is 0 Å². The van der Waals surface area contributed by atoms with E-state index in [1.807, 2.05) is 6.08 Å². The zero-order valence-corrected chi connectivity index (χ0v) is 11.4. The number of allylic oxidation sites excluding steroid dienone is 2. The molecule has 0 aromatic heterocycles. The molecule has 5 heteroatoms. The zero-order chi connectivity index (χ0) is 12.9. The second-order valence-corrected chi connectivity index (χ2v) is 4.31. The van der Waals surface area contributed by atoms with Gasteiger partial charge in [0.05, 0.1) is 6.61 Å². The predicted octanol–water partition coefficient (Wildman–Crippen LogP) is 2.88. The molecule has 17 heavy (non-hydrogen) atoms. The van der Waals surface area contributed by atoms with Crippen LogP contribution in [0.4, 0.5) is 0 Å². The van der Waals surface area contributed by atoms with Gasteiger partial charge in [0.15, 0.2) is 0 Å². The molecule has 0 aromatic carbocycles. The molecule has 3 nitrogen and oxygen atoms in total. The number of thiocarbonyl (C=S) groups is 1. The van der Waals surface area contributed by atoms with Crippen LogP contribution in [0.25, 0.3) is 0 Å². The minimum atomic E-state index is -0.339. The molecule has 0 aliphatic rings. The highest BCUT2D eigenvalue weighted by Crippen LogP contribution is 2.06. The molecule has 0 unspecified atom stereocenters. The lowest BCUT2D eigenvalue weighted by Gasteiger charge is -2.01. The van der Waals surface area contributed by atoms with Crippen molar-refractivity contribution in [2.75, 3.05) is 19.0 Å². The summed E-state index contributed by atoms with van der Waals surface area (Å²) >= 11 is 6.31. The molecule has 0 amide bonds. The highest BCUT2D eigenvalue weighted by atomic mass is 32.2. The lowest BCUT2D eigenvalue weighted by molar-refractivity contribution is -0.137. The summed E-state index contributed by atoms with van der Waals surface area (Å²) in [4.78, 5) is 10.9. The van der Waals surface area contributed by atoms with Crippen LogP contribution < -0.4 is 0 Å². The monoisotopic (exact) mass is 272 g/mol. The van der Waals surface area contributed by atoms with E-state index in [0.717, 1.165) is 0 Å². The van der Waals surface area contributed by atoms with Crippen molar-refractivity contribution >= 4 is 34.3 Å². The van der Waals surface area contributed by atoms with Crippen molar-refractivity contribution in [2.45, 2.75) is 6.92 Å². The van der Waals surface area contributed by atoms with Gasteiger partial charge in [0.1, 0.15) is 6.61 Å². The first-order valence-electron chi connectivity index (χ1n) is 5.11. The third kappa shape index (κ3) is 11.2. The van der Waals surface area contributed by atoms with Crippen LogP contribution in [-0.2, 0) is 14.3 Å². The fourth-order valence-corrected chi connectivity index (χ4v) is 1.51.